The Balaban J connectivity index is 1.35. The van der Waals surface area contributed by atoms with Gasteiger partial charge in [0.2, 0.25) is 0 Å². The summed E-state index contributed by atoms with van der Waals surface area (Å²) in [6.07, 6.45) is 0. The van der Waals surface area contributed by atoms with Gasteiger partial charge in [-0.3, -0.25) is 0 Å². The van der Waals surface area contributed by atoms with E-state index in [-0.39, 0.29) is 21.8 Å². The Labute approximate surface area is 331 Å². The van der Waals surface area contributed by atoms with Crippen LogP contribution in [0.4, 0.5) is 0 Å². The third-order valence-corrected chi connectivity index (χ3v) is 9.69. The minimum atomic E-state index is -0.511. The molecular formula is C51H34N4. The van der Waals surface area contributed by atoms with Crippen LogP contribution in [0, 0.1) is 0 Å². The maximum absolute atomic E-state index is 9.37. The third kappa shape index (κ3) is 6.06. The fraction of sp³-hybridized carbons (Fsp3) is 0. The first kappa shape index (κ1) is 24.7. The van der Waals surface area contributed by atoms with Crippen molar-refractivity contribution in [2.45, 2.75) is 0 Å². The second kappa shape index (κ2) is 13.8. The van der Waals surface area contributed by atoms with Crippen LogP contribution in [-0.2, 0) is 0 Å². The molecular weight excluding hydrogens is 669 g/mol. The Bertz CT molecular complexity index is 3220. The lowest BCUT2D eigenvalue weighted by atomic mass is 9.92. The molecule has 0 bridgehead atoms. The Hall–Kier alpha value is -7.43. The molecule has 0 N–H and O–H groups in total. The van der Waals surface area contributed by atoms with Gasteiger partial charge >= 0.3 is 0 Å². The van der Waals surface area contributed by atoms with Crippen LogP contribution >= 0.6 is 0 Å². The zero-order valence-corrected chi connectivity index (χ0v) is 29.3. The molecule has 55 heavy (non-hydrogen) atoms. The first-order valence-corrected chi connectivity index (χ1v) is 17.9. The summed E-state index contributed by atoms with van der Waals surface area (Å²) in [7, 11) is 0. The van der Waals surface area contributed by atoms with E-state index in [2.05, 4.69) is 18.2 Å². The molecule has 4 heteroatoms. The molecule has 0 radical (unpaired) electrons. The van der Waals surface area contributed by atoms with Crippen molar-refractivity contribution in [3.05, 3.63) is 206 Å². The van der Waals surface area contributed by atoms with E-state index in [0.29, 0.717) is 34.3 Å². The van der Waals surface area contributed by atoms with Crippen LogP contribution in [0.1, 0.15) is 11.0 Å². The Morgan fingerprint density at radius 1 is 0.345 bits per heavy atom. The molecule has 0 unspecified atom stereocenters. The van der Waals surface area contributed by atoms with Crippen LogP contribution in [0.2, 0.25) is 0 Å². The topological polar surface area (TPSA) is 43.6 Å². The van der Waals surface area contributed by atoms with Gasteiger partial charge < -0.3 is 4.57 Å². The number of hydrogen-bond acceptors (Lipinski definition) is 3. The molecule has 0 saturated heterocycles. The molecule has 0 aliphatic carbocycles. The van der Waals surface area contributed by atoms with Gasteiger partial charge in [-0.2, -0.15) is 0 Å². The highest BCUT2D eigenvalue weighted by Gasteiger charge is 2.20. The molecule has 0 saturated carbocycles. The van der Waals surface area contributed by atoms with Gasteiger partial charge in [0.1, 0.15) is 0 Å². The second-order valence-electron chi connectivity index (χ2n) is 13.1. The smallest absolute Gasteiger partial charge is 0.164 e. The van der Waals surface area contributed by atoms with Gasteiger partial charge in [-0.05, 0) is 64.2 Å². The van der Waals surface area contributed by atoms with E-state index in [1.165, 1.54) is 0 Å². The summed E-state index contributed by atoms with van der Waals surface area (Å²) in [6.45, 7) is 0. The molecule has 0 atom stereocenters. The van der Waals surface area contributed by atoms with Crippen LogP contribution in [0.5, 0.6) is 0 Å². The van der Waals surface area contributed by atoms with Crippen LogP contribution in [0.25, 0.3) is 95.0 Å². The molecule has 8 aromatic carbocycles. The van der Waals surface area contributed by atoms with Crippen LogP contribution in [0.3, 0.4) is 0 Å². The summed E-state index contributed by atoms with van der Waals surface area (Å²) in [5, 5.41) is -0.0273. The second-order valence-corrected chi connectivity index (χ2v) is 13.1. The van der Waals surface area contributed by atoms with Gasteiger partial charge in [-0.25, -0.2) is 15.0 Å². The summed E-state index contributed by atoms with van der Waals surface area (Å²) in [4.78, 5) is 14.9. The van der Waals surface area contributed by atoms with Crippen molar-refractivity contribution in [2.75, 3.05) is 0 Å². The molecule has 0 amide bonds. The molecule has 2 heterocycles. The van der Waals surface area contributed by atoms with Crippen LogP contribution in [0.15, 0.2) is 206 Å². The lowest BCUT2D eigenvalue weighted by Crippen LogP contribution is -2.02. The van der Waals surface area contributed by atoms with Gasteiger partial charge in [0, 0.05) is 33.0 Å². The predicted molar refractivity (Wildman–Crippen MR) is 227 cm³/mol. The summed E-state index contributed by atoms with van der Waals surface area (Å²) in [6, 6.07) is 47.4. The largest absolute Gasteiger partial charge is 0.309 e. The highest BCUT2D eigenvalue weighted by atomic mass is 15.0. The summed E-state index contributed by atoms with van der Waals surface area (Å²) in [5.74, 6) is 1.20. The van der Waals surface area contributed by atoms with E-state index in [4.69, 9.17) is 23.2 Å². The third-order valence-electron chi connectivity index (χ3n) is 9.69. The van der Waals surface area contributed by atoms with Gasteiger partial charge in [0.25, 0.3) is 0 Å². The van der Waals surface area contributed by atoms with Gasteiger partial charge in [0.15, 0.2) is 17.5 Å². The number of benzene rings is 8. The van der Waals surface area contributed by atoms with Gasteiger partial charge in [-0.1, -0.05) is 170 Å². The van der Waals surface area contributed by atoms with Crippen LogP contribution in [-0.4, -0.2) is 19.5 Å². The molecule has 10 rings (SSSR count). The van der Waals surface area contributed by atoms with Gasteiger partial charge in [-0.15, -0.1) is 0 Å². The van der Waals surface area contributed by atoms with Crippen molar-refractivity contribution in [2.24, 2.45) is 0 Å². The molecule has 258 valence electrons. The maximum Gasteiger partial charge on any atom is 0.164 e. The number of fused-ring (bicyclic) bond motifs is 3. The molecule has 0 fully saturated rings. The number of nitrogens with zero attached hydrogens (tertiary/aromatic N) is 4. The fourth-order valence-corrected chi connectivity index (χ4v) is 7.08. The number of para-hydroxylation sites is 2. The average molecular weight is 711 g/mol. The quantitative estimate of drug-likeness (QED) is 0.165. The summed E-state index contributed by atoms with van der Waals surface area (Å²) < 4.78 is 73.6. The lowest BCUT2D eigenvalue weighted by molar-refractivity contribution is 1.07. The number of aromatic nitrogens is 4. The van der Waals surface area contributed by atoms with Crippen molar-refractivity contribution < 1.29 is 11.0 Å². The molecule has 0 spiro atoms. The van der Waals surface area contributed by atoms with Crippen molar-refractivity contribution in [3.8, 4) is 73.2 Å². The highest BCUT2D eigenvalue weighted by molar-refractivity contribution is 6.10. The number of rotatable bonds is 7. The van der Waals surface area contributed by atoms with Crippen molar-refractivity contribution >= 4 is 21.8 Å². The Morgan fingerprint density at radius 3 is 1.22 bits per heavy atom. The zero-order valence-electron chi connectivity index (χ0n) is 37.3. The summed E-state index contributed by atoms with van der Waals surface area (Å²) >= 11 is 0. The van der Waals surface area contributed by atoms with E-state index >= 15 is 0 Å². The average Bonchev–Trinajstić information content (AvgIpc) is 3.71. The normalized spacial score (nSPS) is 13.3. The Morgan fingerprint density at radius 2 is 0.745 bits per heavy atom. The maximum atomic E-state index is 9.37. The fourth-order valence-electron chi connectivity index (χ4n) is 7.08. The first-order valence-electron chi connectivity index (χ1n) is 21.9. The lowest BCUT2D eigenvalue weighted by Gasteiger charge is -2.18. The molecule has 2 aromatic heterocycles. The minimum absolute atomic E-state index is 0.00879. The molecule has 0 aliphatic heterocycles. The summed E-state index contributed by atoms with van der Waals surface area (Å²) in [5.41, 5.74) is 7.64. The van der Waals surface area contributed by atoms with Crippen molar-refractivity contribution in [3.63, 3.8) is 0 Å². The monoisotopic (exact) mass is 710 g/mol. The first-order chi connectivity index (χ1) is 30.6. The van der Waals surface area contributed by atoms with Crippen LogP contribution < -0.4 is 0 Å². The van der Waals surface area contributed by atoms with E-state index < -0.39 is 48.3 Å². The SMILES string of the molecule is [2H]c1c([2H])c([2H])c2c(c1[2H])c1c([2H])c([2H])c([2H])c([2H])c1n2-c1cc(-c2nc(-c3ccccc3)nc(-c3ccccc3)n2)ccc1-c1cc(-c2ccccc2)cc(-c2ccccc2)c1. The highest BCUT2D eigenvalue weighted by Crippen LogP contribution is 2.40. The minimum Gasteiger partial charge on any atom is -0.309 e. The Kier molecular flexibility index (Phi) is 6.23. The predicted octanol–water partition coefficient (Wildman–Crippen LogP) is 13.0. The van der Waals surface area contributed by atoms with E-state index in [1.54, 1.807) is 4.57 Å². The number of hydrogen-bond donors (Lipinski definition) is 0. The van der Waals surface area contributed by atoms with E-state index in [1.807, 2.05) is 140 Å². The van der Waals surface area contributed by atoms with E-state index in [0.717, 1.165) is 38.9 Å². The standard InChI is InChI=1S/C51H34N4/c1-5-17-35(18-6-1)40-31-41(36-19-7-2-8-20-36)33-42(32-40)43-30-29-39(34-48(43)55-46-27-15-13-25-44(46)45-26-14-16-28-47(45)55)51-53-49(37-21-9-3-10-22-37)52-50(54-51)38-23-11-4-12-24-38/h1-34H/i13D,14D,15D,16D,25D,26D,27D,28D. The molecule has 0 aliphatic rings. The van der Waals surface area contributed by atoms with Crippen molar-refractivity contribution in [1.29, 1.82) is 0 Å². The van der Waals surface area contributed by atoms with Gasteiger partial charge in [0.05, 0.1) is 27.7 Å². The van der Waals surface area contributed by atoms with Crippen molar-refractivity contribution in [1.82, 2.24) is 19.5 Å². The zero-order chi connectivity index (χ0) is 43.5. The van der Waals surface area contributed by atoms with E-state index in [9.17, 15) is 2.74 Å². The molecule has 4 nitrogen and oxygen atoms in total. The molecule has 10 aromatic rings.